The molecule has 3 aliphatic carbocycles. The molecular weight excluding hydrogens is 673 g/mol. The van der Waals surface area contributed by atoms with Crippen LogP contribution in [0.3, 0.4) is 0 Å². The molecule has 6 nitrogen and oxygen atoms in total. The van der Waals surface area contributed by atoms with Crippen molar-refractivity contribution in [3.8, 4) is 0 Å². The van der Waals surface area contributed by atoms with Gasteiger partial charge in [0, 0.05) is 6.54 Å². The minimum absolute atomic E-state index is 0.0504. The molecule has 2 bridgehead atoms. The van der Waals surface area contributed by atoms with Gasteiger partial charge < -0.3 is 23.4 Å². The molecule has 0 aromatic heterocycles. The summed E-state index contributed by atoms with van der Waals surface area (Å²) >= 11 is 0. The van der Waals surface area contributed by atoms with Crippen LogP contribution < -0.4 is 5.73 Å². The molecule has 0 unspecified atom stereocenters. The van der Waals surface area contributed by atoms with Crippen molar-refractivity contribution in [2.24, 2.45) is 16.6 Å². The van der Waals surface area contributed by atoms with Gasteiger partial charge in [0.25, 0.3) is 0 Å². The zero-order valence-electron chi connectivity index (χ0n) is 36.3. The maximum absolute atomic E-state index is 7.72. The SMILES string of the molecule is CC(C)(C)[Si](C)(C)OC[C@@H]1[C@@H](O[Si](C)(C)C(C)(C)C)[C@H](O[Si](C)(C)C(C)(C)C)[C@@H](O[Si](C)(C)C(C)(C)C)CN1CCC12CC(CCN)(C1)C2. The standard InChI is InChI=1S/C39H84N2O4Si4/c1-34(2,3)46(13,14)42-26-30-32(44-48(17,18)36(7,8)9)33(45-49(19,20)37(10,11)12)31(43-47(15,16)35(4,5)6)25-41(30)24-22-39-27-38(28-39,29-39)21-23-40/h30-33H,21-29,40H2,1-20H3/t30-,31+,32-,33-,38?,39?/m1/s1. The fourth-order valence-electron chi connectivity index (χ4n) is 7.51. The Morgan fingerprint density at radius 1 is 0.571 bits per heavy atom. The number of piperidine rings is 1. The zero-order chi connectivity index (χ0) is 38.1. The van der Waals surface area contributed by atoms with Gasteiger partial charge in [0.1, 0.15) is 0 Å². The third-order valence-corrected chi connectivity index (χ3v) is 32.9. The molecule has 0 amide bonds. The second kappa shape index (κ2) is 14.0. The van der Waals surface area contributed by atoms with E-state index >= 15 is 0 Å². The van der Waals surface area contributed by atoms with Gasteiger partial charge in [-0.3, -0.25) is 4.90 Å². The highest BCUT2D eigenvalue weighted by molar-refractivity contribution is 6.75. The van der Waals surface area contributed by atoms with Crippen molar-refractivity contribution in [1.82, 2.24) is 4.90 Å². The second-order valence-corrected chi connectivity index (χ2v) is 42.1. The van der Waals surface area contributed by atoms with E-state index in [1.807, 2.05) is 0 Å². The molecule has 1 heterocycles. The molecule has 0 aromatic rings. The van der Waals surface area contributed by atoms with Gasteiger partial charge in [-0.25, -0.2) is 0 Å². The van der Waals surface area contributed by atoms with Crippen LogP contribution >= 0.6 is 0 Å². The summed E-state index contributed by atoms with van der Waals surface area (Å²) in [7, 11) is -8.60. The van der Waals surface area contributed by atoms with Gasteiger partial charge in [-0.2, -0.15) is 0 Å². The topological polar surface area (TPSA) is 66.2 Å². The number of hydrogen-bond acceptors (Lipinski definition) is 6. The van der Waals surface area contributed by atoms with E-state index in [0.717, 1.165) is 19.6 Å². The Hall–Kier alpha value is 0.628. The predicted octanol–water partition coefficient (Wildman–Crippen LogP) is 10.8. The fraction of sp³-hybridized carbons (Fsp3) is 1.00. The number of nitrogens with zero attached hydrogens (tertiary/aromatic N) is 1. The average molecular weight is 757 g/mol. The summed E-state index contributed by atoms with van der Waals surface area (Å²) in [6, 6.07) is 0.114. The number of hydrogen-bond donors (Lipinski definition) is 1. The summed E-state index contributed by atoms with van der Waals surface area (Å²) in [5.74, 6) is 0. The van der Waals surface area contributed by atoms with Crippen molar-refractivity contribution in [1.29, 1.82) is 0 Å². The van der Waals surface area contributed by atoms with Gasteiger partial charge in [0.2, 0.25) is 0 Å². The van der Waals surface area contributed by atoms with Crippen LogP contribution in [0, 0.1) is 10.8 Å². The molecule has 0 spiro atoms. The lowest BCUT2D eigenvalue weighted by molar-refractivity contribution is -0.215. The first kappa shape index (κ1) is 44.0. The summed E-state index contributed by atoms with van der Waals surface area (Å²) in [4.78, 5) is 2.77. The smallest absolute Gasteiger partial charge is 0.192 e. The molecule has 0 radical (unpaired) electrons. The average Bonchev–Trinajstić information content (AvgIpc) is 2.83. The van der Waals surface area contributed by atoms with E-state index in [1.54, 1.807) is 0 Å². The Morgan fingerprint density at radius 2 is 0.959 bits per heavy atom. The molecule has 1 aliphatic heterocycles. The first-order valence-electron chi connectivity index (χ1n) is 19.8. The largest absolute Gasteiger partial charge is 0.415 e. The lowest BCUT2D eigenvalue weighted by Gasteiger charge is -2.72. The summed E-state index contributed by atoms with van der Waals surface area (Å²) < 4.78 is 30.1. The molecule has 4 rings (SSSR count). The first-order valence-corrected chi connectivity index (χ1v) is 31.4. The molecule has 0 aromatic carbocycles. The van der Waals surface area contributed by atoms with Crippen LogP contribution in [0.5, 0.6) is 0 Å². The van der Waals surface area contributed by atoms with Gasteiger partial charge in [0.15, 0.2) is 33.3 Å². The molecule has 4 aliphatic rings. The predicted molar refractivity (Wildman–Crippen MR) is 222 cm³/mol. The molecule has 49 heavy (non-hydrogen) atoms. The van der Waals surface area contributed by atoms with Crippen molar-refractivity contribution < 1.29 is 17.7 Å². The third kappa shape index (κ3) is 9.48. The molecule has 3 saturated carbocycles. The normalized spacial score (nSPS) is 31.0. The highest BCUT2D eigenvalue weighted by Gasteiger charge is 2.66. The van der Waals surface area contributed by atoms with Crippen molar-refractivity contribution in [2.45, 2.75) is 212 Å². The van der Waals surface area contributed by atoms with Gasteiger partial charge in [-0.1, -0.05) is 83.1 Å². The molecular formula is C39H84N2O4Si4. The minimum Gasteiger partial charge on any atom is -0.415 e. The van der Waals surface area contributed by atoms with Crippen molar-refractivity contribution in [3.05, 3.63) is 0 Å². The molecule has 4 fully saturated rings. The van der Waals surface area contributed by atoms with Crippen LogP contribution in [0.15, 0.2) is 0 Å². The monoisotopic (exact) mass is 757 g/mol. The maximum Gasteiger partial charge on any atom is 0.192 e. The Bertz CT molecular complexity index is 1110. The van der Waals surface area contributed by atoms with E-state index in [0.29, 0.717) is 17.4 Å². The van der Waals surface area contributed by atoms with E-state index in [2.05, 4.69) is 140 Å². The van der Waals surface area contributed by atoms with Gasteiger partial charge in [-0.05, 0) is 129 Å². The van der Waals surface area contributed by atoms with Crippen LogP contribution in [0.1, 0.15) is 115 Å². The van der Waals surface area contributed by atoms with E-state index in [1.165, 1.54) is 32.1 Å². The van der Waals surface area contributed by atoms with Crippen LogP contribution in [0.25, 0.3) is 0 Å². The van der Waals surface area contributed by atoms with Crippen LogP contribution in [-0.4, -0.2) is 88.8 Å². The molecule has 2 N–H and O–H groups in total. The Morgan fingerprint density at radius 3 is 1.37 bits per heavy atom. The summed E-state index contributed by atoms with van der Waals surface area (Å²) in [5.41, 5.74) is 7.07. The van der Waals surface area contributed by atoms with Crippen LogP contribution in [0.2, 0.25) is 72.5 Å². The first-order chi connectivity index (χ1) is 21.6. The number of nitrogens with two attached hydrogens (primary N) is 1. The minimum atomic E-state index is -2.22. The highest BCUT2D eigenvalue weighted by Crippen LogP contribution is 2.76. The highest BCUT2D eigenvalue weighted by atomic mass is 28.4. The maximum atomic E-state index is 7.72. The molecule has 290 valence electrons. The van der Waals surface area contributed by atoms with Crippen LogP contribution in [0.4, 0.5) is 0 Å². The number of rotatable bonds is 14. The van der Waals surface area contributed by atoms with E-state index in [-0.39, 0.29) is 44.5 Å². The lowest BCUT2D eigenvalue weighted by Crippen LogP contribution is -2.71. The Labute approximate surface area is 309 Å². The zero-order valence-corrected chi connectivity index (χ0v) is 40.3. The van der Waals surface area contributed by atoms with Crippen molar-refractivity contribution in [2.75, 3.05) is 26.2 Å². The third-order valence-electron chi connectivity index (χ3n) is 15.0. The van der Waals surface area contributed by atoms with E-state index in [4.69, 9.17) is 23.4 Å². The Kier molecular flexibility index (Phi) is 12.6. The molecule has 1 saturated heterocycles. The van der Waals surface area contributed by atoms with E-state index < -0.39 is 33.3 Å². The second-order valence-electron chi connectivity index (χ2n) is 23.1. The van der Waals surface area contributed by atoms with Crippen molar-refractivity contribution in [3.63, 3.8) is 0 Å². The quantitative estimate of drug-likeness (QED) is 0.178. The van der Waals surface area contributed by atoms with Gasteiger partial charge in [-0.15, -0.1) is 0 Å². The summed E-state index contributed by atoms with van der Waals surface area (Å²) in [6.45, 7) is 51.1. The lowest BCUT2D eigenvalue weighted by atomic mass is 9.33. The molecule has 4 atom stereocenters. The van der Waals surface area contributed by atoms with Gasteiger partial charge >= 0.3 is 0 Å². The van der Waals surface area contributed by atoms with Crippen LogP contribution in [-0.2, 0) is 17.7 Å². The molecule has 10 heteroatoms. The summed E-state index contributed by atoms with van der Waals surface area (Å²) in [5, 5.41) is 0.377. The summed E-state index contributed by atoms with van der Waals surface area (Å²) in [6.07, 6.45) is 6.20. The van der Waals surface area contributed by atoms with E-state index in [9.17, 15) is 0 Å². The Balaban J connectivity index is 2.15. The van der Waals surface area contributed by atoms with Gasteiger partial charge in [0.05, 0.1) is 31.0 Å². The number of likely N-dealkylation sites (tertiary alicyclic amines) is 1. The van der Waals surface area contributed by atoms with Crippen molar-refractivity contribution >= 4 is 33.3 Å². The fourth-order valence-corrected chi connectivity index (χ4v) is 12.5.